The van der Waals surface area contributed by atoms with Gasteiger partial charge < -0.3 is 19.3 Å². The van der Waals surface area contributed by atoms with Crippen LogP contribution in [0.3, 0.4) is 0 Å². The lowest BCUT2D eigenvalue weighted by molar-refractivity contribution is -0.122. The summed E-state index contributed by atoms with van der Waals surface area (Å²) in [4.78, 5) is 12.2. The normalized spacial score (nSPS) is 21.8. The monoisotopic (exact) mass is 314 g/mol. The van der Waals surface area contributed by atoms with Crippen LogP contribution >= 0.6 is 0 Å². The van der Waals surface area contributed by atoms with Crippen molar-refractivity contribution in [2.45, 2.75) is 25.8 Å². The van der Waals surface area contributed by atoms with Crippen LogP contribution in [0.1, 0.15) is 29.4 Å². The van der Waals surface area contributed by atoms with E-state index in [1.165, 1.54) is 0 Å². The molecule has 1 aromatic heterocycles. The quantitative estimate of drug-likeness (QED) is 0.936. The van der Waals surface area contributed by atoms with Gasteiger partial charge in [0.25, 0.3) is 0 Å². The molecule has 0 radical (unpaired) electrons. The second-order valence-electron chi connectivity index (χ2n) is 6.00. The number of carbonyl (C=O) groups excluding carboxylic acids is 1. The lowest BCUT2D eigenvalue weighted by Gasteiger charge is -2.18. The fourth-order valence-electron chi connectivity index (χ4n) is 2.95. The highest BCUT2D eigenvalue weighted by atomic mass is 16.6. The first kappa shape index (κ1) is 14.1. The Morgan fingerprint density at radius 1 is 1.26 bits per heavy atom. The zero-order chi connectivity index (χ0) is 15.8. The molecule has 120 valence electrons. The van der Waals surface area contributed by atoms with Crippen molar-refractivity contribution < 1.29 is 18.8 Å². The zero-order valence-electron chi connectivity index (χ0n) is 12.9. The van der Waals surface area contributed by atoms with Gasteiger partial charge in [-0.1, -0.05) is 11.2 Å². The van der Waals surface area contributed by atoms with E-state index in [0.717, 1.165) is 34.9 Å². The van der Waals surface area contributed by atoms with Crippen LogP contribution < -0.4 is 14.8 Å². The summed E-state index contributed by atoms with van der Waals surface area (Å²) < 4.78 is 16.1. The van der Waals surface area contributed by atoms with Crippen molar-refractivity contribution >= 4 is 5.91 Å². The molecule has 4 rings (SSSR count). The molecule has 1 amide bonds. The predicted octanol–water partition coefficient (Wildman–Crippen LogP) is 2.17. The molecule has 6 heteroatoms. The van der Waals surface area contributed by atoms with Gasteiger partial charge >= 0.3 is 0 Å². The number of carbonyl (C=O) groups is 1. The summed E-state index contributed by atoms with van der Waals surface area (Å²) >= 11 is 0. The maximum absolute atomic E-state index is 12.2. The zero-order valence-corrected chi connectivity index (χ0v) is 12.9. The van der Waals surface area contributed by atoms with E-state index in [2.05, 4.69) is 10.5 Å². The van der Waals surface area contributed by atoms with Crippen LogP contribution in [0, 0.1) is 12.8 Å². The maximum Gasteiger partial charge on any atom is 0.224 e. The van der Waals surface area contributed by atoms with E-state index in [1.54, 1.807) is 0 Å². The number of amides is 1. The topological polar surface area (TPSA) is 73.6 Å². The minimum atomic E-state index is 0.0190. The molecular formula is C17H18N2O4. The fraction of sp³-hybridized carbons (Fsp3) is 0.412. The summed E-state index contributed by atoms with van der Waals surface area (Å²) in [6.45, 7) is 3.39. The highest BCUT2D eigenvalue weighted by Crippen LogP contribution is 2.49. The second-order valence-corrected chi connectivity index (χ2v) is 6.00. The van der Waals surface area contributed by atoms with Gasteiger partial charge in [-0.05, 0) is 37.0 Å². The first-order valence-corrected chi connectivity index (χ1v) is 7.80. The van der Waals surface area contributed by atoms with Gasteiger partial charge in [0.15, 0.2) is 11.5 Å². The largest absolute Gasteiger partial charge is 0.486 e. The van der Waals surface area contributed by atoms with Crippen LogP contribution in [0.5, 0.6) is 11.5 Å². The molecule has 0 saturated heterocycles. The summed E-state index contributed by atoms with van der Waals surface area (Å²) in [5.41, 5.74) is 1.87. The van der Waals surface area contributed by atoms with Crippen molar-refractivity contribution in [1.82, 2.24) is 10.5 Å². The molecule has 2 aromatic rings. The highest BCUT2D eigenvalue weighted by molar-refractivity contribution is 5.82. The van der Waals surface area contributed by atoms with E-state index in [9.17, 15) is 4.79 Å². The molecule has 1 N–H and O–H groups in total. The fourth-order valence-corrected chi connectivity index (χ4v) is 2.95. The lowest BCUT2D eigenvalue weighted by Crippen LogP contribution is -2.25. The number of aromatic nitrogens is 1. The van der Waals surface area contributed by atoms with Crippen LogP contribution in [0.2, 0.25) is 0 Å². The Balaban J connectivity index is 1.36. The summed E-state index contributed by atoms with van der Waals surface area (Å²) in [5, 5.41) is 6.79. The van der Waals surface area contributed by atoms with Gasteiger partial charge in [0.1, 0.15) is 24.7 Å². The number of rotatable bonds is 4. The van der Waals surface area contributed by atoms with E-state index in [-0.39, 0.29) is 17.7 Å². The van der Waals surface area contributed by atoms with Gasteiger partial charge in [-0.3, -0.25) is 4.79 Å². The first-order valence-electron chi connectivity index (χ1n) is 7.80. The average molecular weight is 314 g/mol. The molecule has 0 bridgehead atoms. The van der Waals surface area contributed by atoms with E-state index in [1.807, 2.05) is 31.2 Å². The van der Waals surface area contributed by atoms with Gasteiger partial charge in [0, 0.05) is 12.0 Å². The van der Waals surface area contributed by atoms with E-state index in [0.29, 0.717) is 19.8 Å². The van der Waals surface area contributed by atoms with Gasteiger partial charge in [-0.25, -0.2) is 0 Å². The Hall–Kier alpha value is -2.50. The van der Waals surface area contributed by atoms with E-state index < -0.39 is 0 Å². The molecule has 1 saturated carbocycles. The van der Waals surface area contributed by atoms with Gasteiger partial charge in [-0.2, -0.15) is 0 Å². The molecule has 2 heterocycles. The molecule has 2 atom stereocenters. The standard InChI is InChI=1S/C17H18N2O4/c1-10-6-12(19-23-10)9-18-17(20)14-8-13(14)11-2-3-15-16(7-11)22-5-4-21-15/h2-3,6-7,13-14H,4-5,8-9H2,1H3,(H,18,20)/t13-,14+/m0/s1. The van der Waals surface area contributed by atoms with Crippen LogP contribution in [0.15, 0.2) is 28.8 Å². The first-order chi connectivity index (χ1) is 11.2. The van der Waals surface area contributed by atoms with Crippen molar-refractivity contribution in [3.63, 3.8) is 0 Å². The maximum atomic E-state index is 12.2. The van der Waals surface area contributed by atoms with Gasteiger partial charge in [0.05, 0.1) is 6.54 Å². The molecule has 0 unspecified atom stereocenters. The molecule has 1 fully saturated rings. The highest BCUT2D eigenvalue weighted by Gasteiger charge is 2.44. The number of hydrogen-bond acceptors (Lipinski definition) is 5. The van der Waals surface area contributed by atoms with Crippen molar-refractivity contribution in [2.24, 2.45) is 5.92 Å². The summed E-state index contributed by atoms with van der Waals surface area (Å²) in [5.74, 6) is 2.64. The Morgan fingerprint density at radius 2 is 2.09 bits per heavy atom. The number of ether oxygens (including phenoxy) is 2. The third-order valence-corrected chi connectivity index (χ3v) is 4.24. The van der Waals surface area contributed by atoms with Crippen molar-refractivity contribution in [3.8, 4) is 11.5 Å². The number of benzene rings is 1. The molecular weight excluding hydrogens is 296 g/mol. The molecule has 6 nitrogen and oxygen atoms in total. The third-order valence-electron chi connectivity index (χ3n) is 4.24. The van der Waals surface area contributed by atoms with E-state index >= 15 is 0 Å². The minimum Gasteiger partial charge on any atom is -0.486 e. The smallest absolute Gasteiger partial charge is 0.224 e. The van der Waals surface area contributed by atoms with E-state index in [4.69, 9.17) is 14.0 Å². The SMILES string of the molecule is Cc1cc(CNC(=O)[C@@H]2C[C@H]2c2ccc3c(c2)OCCO3)no1. The predicted molar refractivity (Wildman–Crippen MR) is 81.4 cm³/mol. The Labute approximate surface area is 133 Å². The van der Waals surface area contributed by atoms with Crippen molar-refractivity contribution in [3.05, 3.63) is 41.3 Å². The molecule has 1 aliphatic carbocycles. The number of nitrogens with zero attached hydrogens (tertiary/aromatic N) is 1. The molecule has 1 aliphatic heterocycles. The Bertz CT molecular complexity index is 740. The van der Waals surface area contributed by atoms with Gasteiger partial charge in [-0.15, -0.1) is 0 Å². The van der Waals surface area contributed by atoms with Crippen LogP contribution in [-0.2, 0) is 11.3 Å². The number of fused-ring (bicyclic) bond motifs is 1. The number of hydrogen-bond donors (Lipinski definition) is 1. The Morgan fingerprint density at radius 3 is 2.87 bits per heavy atom. The minimum absolute atomic E-state index is 0.0190. The average Bonchev–Trinajstić information content (AvgIpc) is 3.27. The number of nitrogens with one attached hydrogen (secondary N) is 1. The van der Waals surface area contributed by atoms with Crippen LogP contribution in [0.4, 0.5) is 0 Å². The van der Waals surface area contributed by atoms with Crippen LogP contribution in [0.25, 0.3) is 0 Å². The third kappa shape index (κ3) is 2.88. The molecule has 0 spiro atoms. The van der Waals surface area contributed by atoms with Crippen LogP contribution in [-0.4, -0.2) is 24.3 Å². The Kier molecular flexibility index (Phi) is 3.44. The summed E-state index contributed by atoms with van der Waals surface area (Å²) in [7, 11) is 0. The summed E-state index contributed by atoms with van der Waals surface area (Å²) in [6, 6.07) is 7.76. The molecule has 1 aromatic carbocycles. The lowest BCUT2D eigenvalue weighted by atomic mass is 10.1. The second kappa shape index (κ2) is 5.61. The summed E-state index contributed by atoms with van der Waals surface area (Å²) in [6.07, 6.45) is 0.864. The van der Waals surface area contributed by atoms with Crippen molar-refractivity contribution in [2.75, 3.05) is 13.2 Å². The molecule has 23 heavy (non-hydrogen) atoms. The van der Waals surface area contributed by atoms with Crippen molar-refractivity contribution in [1.29, 1.82) is 0 Å². The number of aryl methyl sites for hydroxylation is 1. The van der Waals surface area contributed by atoms with Gasteiger partial charge in [0.2, 0.25) is 5.91 Å². The molecule has 2 aliphatic rings.